The number of hydrogen-bond acceptors (Lipinski definition) is 3. The lowest BCUT2D eigenvalue weighted by Crippen LogP contribution is -2.27. The van der Waals surface area contributed by atoms with E-state index in [-0.39, 0.29) is 5.69 Å². The van der Waals surface area contributed by atoms with Crippen molar-refractivity contribution >= 4 is 28.7 Å². The molecule has 0 aliphatic heterocycles. The van der Waals surface area contributed by atoms with Crippen LogP contribution in [0, 0.1) is 17.0 Å². The highest BCUT2D eigenvalue weighted by molar-refractivity contribution is 7.80. The van der Waals surface area contributed by atoms with Gasteiger partial charge in [0.1, 0.15) is 0 Å². The smallest absolute Gasteiger partial charge is 0.274 e. The van der Waals surface area contributed by atoms with E-state index in [4.69, 9.17) is 12.2 Å². The van der Waals surface area contributed by atoms with Crippen LogP contribution in [0.1, 0.15) is 11.1 Å². The highest BCUT2D eigenvalue weighted by atomic mass is 32.1. The molecular weight excluding hydrogens is 286 g/mol. The number of nitro benzene ring substituents is 1. The molecule has 0 saturated heterocycles. The average molecular weight is 301 g/mol. The van der Waals surface area contributed by atoms with Crippen molar-refractivity contribution in [1.29, 1.82) is 0 Å². The SMILES string of the molecule is Cc1ccc(NC(=S)NCc2ccccc2)cc1[N+](=O)[O-]. The van der Waals surface area contributed by atoms with Gasteiger partial charge in [0.25, 0.3) is 5.69 Å². The maximum absolute atomic E-state index is 10.9. The Morgan fingerprint density at radius 3 is 2.62 bits per heavy atom. The van der Waals surface area contributed by atoms with Crippen molar-refractivity contribution < 1.29 is 4.92 Å². The number of thiocarbonyl (C=S) groups is 1. The van der Waals surface area contributed by atoms with Gasteiger partial charge in [-0.25, -0.2) is 0 Å². The van der Waals surface area contributed by atoms with Crippen molar-refractivity contribution in [2.24, 2.45) is 0 Å². The fourth-order valence-corrected chi connectivity index (χ4v) is 2.03. The van der Waals surface area contributed by atoms with E-state index >= 15 is 0 Å². The van der Waals surface area contributed by atoms with E-state index in [1.54, 1.807) is 19.1 Å². The van der Waals surface area contributed by atoms with Crippen molar-refractivity contribution in [3.63, 3.8) is 0 Å². The van der Waals surface area contributed by atoms with E-state index in [0.717, 1.165) is 5.56 Å². The zero-order chi connectivity index (χ0) is 15.2. The summed E-state index contributed by atoms with van der Waals surface area (Å²) in [4.78, 5) is 10.5. The first-order valence-electron chi connectivity index (χ1n) is 6.40. The molecule has 108 valence electrons. The highest BCUT2D eigenvalue weighted by Crippen LogP contribution is 2.22. The first kappa shape index (κ1) is 14.9. The summed E-state index contributed by atoms with van der Waals surface area (Å²) >= 11 is 5.18. The predicted molar refractivity (Wildman–Crippen MR) is 87.3 cm³/mol. The lowest BCUT2D eigenvalue weighted by Gasteiger charge is -2.11. The summed E-state index contributed by atoms with van der Waals surface area (Å²) in [6.07, 6.45) is 0. The monoisotopic (exact) mass is 301 g/mol. The molecule has 0 amide bonds. The predicted octanol–water partition coefficient (Wildman–Crippen LogP) is 3.39. The fraction of sp³-hybridized carbons (Fsp3) is 0.133. The topological polar surface area (TPSA) is 67.2 Å². The lowest BCUT2D eigenvalue weighted by molar-refractivity contribution is -0.385. The summed E-state index contributed by atoms with van der Waals surface area (Å²) in [7, 11) is 0. The Bertz CT molecular complexity index is 659. The minimum atomic E-state index is -0.402. The number of nitro groups is 1. The summed E-state index contributed by atoms with van der Waals surface area (Å²) < 4.78 is 0. The van der Waals surface area contributed by atoms with E-state index in [0.29, 0.717) is 22.9 Å². The van der Waals surface area contributed by atoms with Crippen LogP contribution in [-0.2, 0) is 6.54 Å². The van der Waals surface area contributed by atoms with Gasteiger partial charge in [-0.2, -0.15) is 0 Å². The molecule has 6 heteroatoms. The van der Waals surface area contributed by atoms with Crippen LogP contribution in [0.3, 0.4) is 0 Å². The van der Waals surface area contributed by atoms with Crippen LogP contribution >= 0.6 is 12.2 Å². The van der Waals surface area contributed by atoms with Crippen molar-refractivity contribution in [1.82, 2.24) is 5.32 Å². The maximum Gasteiger partial charge on any atom is 0.274 e. The van der Waals surface area contributed by atoms with E-state index in [9.17, 15) is 10.1 Å². The van der Waals surface area contributed by atoms with Crippen molar-refractivity contribution in [3.05, 3.63) is 69.8 Å². The van der Waals surface area contributed by atoms with Gasteiger partial charge in [-0.05, 0) is 30.8 Å². The standard InChI is InChI=1S/C15H15N3O2S/c1-11-7-8-13(9-14(11)18(19)20)17-15(21)16-10-12-5-3-2-4-6-12/h2-9H,10H2,1H3,(H2,16,17,21). The molecule has 2 N–H and O–H groups in total. The Hall–Kier alpha value is -2.47. The van der Waals surface area contributed by atoms with Crippen LogP contribution in [0.4, 0.5) is 11.4 Å². The summed E-state index contributed by atoms with van der Waals surface area (Å²) in [5, 5.41) is 17.3. The Labute approximate surface area is 128 Å². The summed E-state index contributed by atoms with van der Waals surface area (Å²) in [5.74, 6) is 0. The molecule has 2 rings (SSSR count). The quantitative estimate of drug-likeness (QED) is 0.515. The summed E-state index contributed by atoms with van der Waals surface area (Å²) in [6.45, 7) is 2.30. The molecule has 0 spiro atoms. The van der Waals surface area contributed by atoms with Gasteiger partial charge in [0.05, 0.1) is 4.92 Å². The van der Waals surface area contributed by atoms with Crippen LogP contribution in [0.15, 0.2) is 48.5 Å². The van der Waals surface area contributed by atoms with Crippen LogP contribution < -0.4 is 10.6 Å². The highest BCUT2D eigenvalue weighted by Gasteiger charge is 2.11. The second kappa shape index (κ2) is 6.81. The Morgan fingerprint density at radius 2 is 1.95 bits per heavy atom. The van der Waals surface area contributed by atoms with Crippen LogP contribution in [-0.4, -0.2) is 10.0 Å². The van der Waals surface area contributed by atoms with Crippen LogP contribution in [0.2, 0.25) is 0 Å². The fourth-order valence-electron chi connectivity index (χ4n) is 1.84. The van der Waals surface area contributed by atoms with Gasteiger partial charge in [-0.3, -0.25) is 10.1 Å². The molecule has 0 radical (unpaired) electrons. The number of anilines is 1. The summed E-state index contributed by atoms with van der Waals surface area (Å²) in [5.41, 5.74) is 2.40. The van der Waals surface area contributed by atoms with Gasteiger partial charge in [0.15, 0.2) is 5.11 Å². The third-order valence-corrected chi connectivity index (χ3v) is 3.21. The van der Waals surface area contributed by atoms with Gasteiger partial charge in [-0.15, -0.1) is 0 Å². The van der Waals surface area contributed by atoms with Gasteiger partial charge in [-0.1, -0.05) is 36.4 Å². The third-order valence-electron chi connectivity index (χ3n) is 2.96. The molecule has 0 saturated carbocycles. The number of nitrogens with one attached hydrogen (secondary N) is 2. The van der Waals surface area contributed by atoms with Crippen LogP contribution in [0.5, 0.6) is 0 Å². The van der Waals surface area contributed by atoms with E-state index < -0.39 is 4.92 Å². The lowest BCUT2D eigenvalue weighted by atomic mass is 10.2. The van der Waals surface area contributed by atoms with Crippen molar-refractivity contribution in [2.75, 3.05) is 5.32 Å². The molecule has 2 aromatic rings. The first-order valence-corrected chi connectivity index (χ1v) is 6.81. The number of hydrogen-bond donors (Lipinski definition) is 2. The normalized spacial score (nSPS) is 9.95. The zero-order valence-corrected chi connectivity index (χ0v) is 12.3. The Balaban J connectivity index is 1.97. The number of benzene rings is 2. The molecule has 0 atom stereocenters. The molecule has 0 aliphatic carbocycles. The number of rotatable bonds is 4. The molecule has 0 bridgehead atoms. The molecule has 0 aliphatic rings. The second-order valence-corrected chi connectivity index (χ2v) is 4.96. The Kier molecular flexibility index (Phi) is 4.84. The average Bonchev–Trinajstić information content (AvgIpc) is 2.48. The van der Waals surface area contributed by atoms with E-state index in [2.05, 4.69) is 10.6 Å². The zero-order valence-electron chi connectivity index (χ0n) is 11.5. The van der Waals surface area contributed by atoms with Crippen LogP contribution in [0.25, 0.3) is 0 Å². The minimum absolute atomic E-state index is 0.0749. The largest absolute Gasteiger partial charge is 0.358 e. The van der Waals surface area contributed by atoms with Crippen molar-refractivity contribution in [3.8, 4) is 0 Å². The van der Waals surface area contributed by atoms with Gasteiger partial charge in [0.2, 0.25) is 0 Å². The maximum atomic E-state index is 10.9. The second-order valence-electron chi connectivity index (χ2n) is 4.55. The van der Waals surface area contributed by atoms with Gasteiger partial charge in [0, 0.05) is 23.9 Å². The van der Waals surface area contributed by atoms with Gasteiger partial charge < -0.3 is 10.6 Å². The Morgan fingerprint density at radius 1 is 1.24 bits per heavy atom. The molecule has 0 aromatic heterocycles. The molecule has 0 heterocycles. The molecule has 21 heavy (non-hydrogen) atoms. The molecule has 5 nitrogen and oxygen atoms in total. The molecule has 0 unspecified atom stereocenters. The summed E-state index contributed by atoms with van der Waals surface area (Å²) in [6, 6.07) is 14.8. The van der Waals surface area contributed by atoms with Crippen molar-refractivity contribution in [2.45, 2.75) is 13.5 Å². The van der Waals surface area contributed by atoms with E-state index in [1.165, 1.54) is 6.07 Å². The molecular formula is C15H15N3O2S. The third kappa shape index (κ3) is 4.25. The first-order chi connectivity index (χ1) is 10.1. The molecule has 2 aromatic carbocycles. The molecule has 0 fully saturated rings. The number of nitrogens with zero attached hydrogens (tertiary/aromatic N) is 1. The number of aryl methyl sites for hydroxylation is 1. The van der Waals surface area contributed by atoms with E-state index in [1.807, 2.05) is 30.3 Å². The van der Waals surface area contributed by atoms with Gasteiger partial charge >= 0.3 is 0 Å². The minimum Gasteiger partial charge on any atom is -0.358 e.